The lowest BCUT2D eigenvalue weighted by molar-refractivity contribution is 0.581. The van der Waals surface area contributed by atoms with Crippen LogP contribution in [-0.2, 0) is 6.42 Å². The van der Waals surface area contributed by atoms with Gasteiger partial charge in [0.25, 0.3) is 0 Å². The lowest BCUT2D eigenvalue weighted by atomic mass is 10.00. The summed E-state index contributed by atoms with van der Waals surface area (Å²) in [5.41, 5.74) is 3.76. The van der Waals surface area contributed by atoms with E-state index >= 15 is 0 Å². The van der Waals surface area contributed by atoms with Crippen LogP contribution < -0.4 is 5.32 Å². The van der Waals surface area contributed by atoms with E-state index in [0.29, 0.717) is 6.04 Å². The highest BCUT2D eigenvalue weighted by Crippen LogP contribution is 2.25. The van der Waals surface area contributed by atoms with E-state index < -0.39 is 0 Å². The van der Waals surface area contributed by atoms with E-state index in [-0.39, 0.29) is 0 Å². The van der Waals surface area contributed by atoms with Crippen LogP contribution in [0.5, 0.6) is 0 Å². The molecule has 1 aromatic heterocycles. The SMILES string of the molecule is CNC(Cc1ccc(Br)cn1)c1cccc(C)c1I. The number of hydrogen-bond donors (Lipinski definition) is 1. The van der Waals surface area contributed by atoms with Gasteiger partial charge in [-0.05, 0) is 75.8 Å². The molecule has 0 saturated heterocycles. The Labute approximate surface area is 136 Å². The third kappa shape index (κ3) is 3.77. The van der Waals surface area contributed by atoms with Crippen LogP contribution in [0.3, 0.4) is 0 Å². The van der Waals surface area contributed by atoms with Crippen LogP contribution >= 0.6 is 38.5 Å². The summed E-state index contributed by atoms with van der Waals surface area (Å²) in [4.78, 5) is 4.45. The van der Waals surface area contributed by atoms with Crippen LogP contribution in [-0.4, -0.2) is 12.0 Å². The van der Waals surface area contributed by atoms with Crippen LogP contribution in [0.25, 0.3) is 0 Å². The molecule has 1 unspecified atom stereocenters. The molecular weight excluding hydrogens is 415 g/mol. The van der Waals surface area contributed by atoms with Crippen LogP contribution in [0.1, 0.15) is 22.9 Å². The minimum Gasteiger partial charge on any atom is -0.313 e. The Morgan fingerprint density at radius 3 is 2.74 bits per heavy atom. The Morgan fingerprint density at radius 1 is 1.32 bits per heavy atom. The molecule has 2 nitrogen and oxygen atoms in total. The van der Waals surface area contributed by atoms with Crippen molar-refractivity contribution < 1.29 is 0 Å². The molecule has 2 aromatic rings. The Hall–Kier alpha value is -0.460. The van der Waals surface area contributed by atoms with Crippen molar-refractivity contribution in [2.45, 2.75) is 19.4 Å². The average molecular weight is 431 g/mol. The molecule has 0 aliphatic rings. The second-order valence-electron chi connectivity index (χ2n) is 4.49. The molecule has 1 N–H and O–H groups in total. The average Bonchev–Trinajstić information content (AvgIpc) is 2.42. The van der Waals surface area contributed by atoms with Gasteiger partial charge in [0, 0.05) is 32.4 Å². The number of aryl methyl sites for hydroxylation is 1. The second-order valence-corrected chi connectivity index (χ2v) is 6.49. The highest BCUT2D eigenvalue weighted by atomic mass is 127. The molecule has 0 amide bonds. The molecular formula is C15H16BrIN2. The normalized spacial score (nSPS) is 12.4. The molecule has 19 heavy (non-hydrogen) atoms. The quantitative estimate of drug-likeness (QED) is 0.733. The molecule has 0 bridgehead atoms. The van der Waals surface area contributed by atoms with Gasteiger partial charge in [-0.25, -0.2) is 0 Å². The number of aromatic nitrogens is 1. The summed E-state index contributed by atoms with van der Waals surface area (Å²) in [7, 11) is 2.00. The molecule has 0 spiro atoms. The van der Waals surface area contributed by atoms with Gasteiger partial charge in [-0.3, -0.25) is 4.98 Å². The van der Waals surface area contributed by atoms with Crippen molar-refractivity contribution in [2.75, 3.05) is 7.05 Å². The van der Waals surface area contributed by atoms with Crippen molar-refractivity contribution in [3.05, 3.63) is 61.4 Å². The van der Waals surface area contributed by atoms with Crippen molar-refractivity contribution >= 4 is 38.5 Å². The zero-order valence-corrected chi connectivity index (χ0v) is 14.7. The fourth-order valence-electron chi connectivity index (χ4n) is 2.04. The lowest BCUT2D eigenvalue weighted by Gasteiger charge is -2.19. The van der Waals surface area contributed by atoms with E-state index in [1.807, 2.05) is 19.3 Å². The molecule has 100 valence electrons. The van der Waals surface area contributed by atoms with Gasteiger partial charge in [0.05, 0.1) is 0 Å². The third-order valence-electron chi connectivity index (χ3n) is 3.15. The predicted molar refractivity (Wildman–Crippen MR) is 91.3 cm³/mol. The molecule has 1 aromatic carbocycles. The number of hydrogen-bond acceptors (Lipinski definition) is 2. The van der Waals surface area contributed by atoms with Gasteiger partial charge in [-0.1, -0.05) is 18.2 Å². The zero-order valence-electron chi connectivity index (χ0n) is 11.0. The molecule has 2 rings (SSSR count). The highest BCUT2D eigenvalue weighted by Gasteiger charge is 2.14. The summed E-state index contributed by atoms with van der Waals surface area (Å²) in [6, 6.07) is 10.9. The van der Waals surface area contributed by atoms with E-state index in [2.05, 4.69) is 80.0 Å². The molecule has 4 heteroatoms. The monoisotopic (exact) mass is 430 g/mol. The van der Waals surface area contributed by atoms with E-state index in [1.54, 1.807) is 0 Å². The Bertz CT molecular complexity index is 555. The summed E-state index contributed by atoms with van der Waals surface area (Å²) >= 11 is 5.84. The van der Waals surface area contributed by atoms with Gasteiger partial charge in [0.2, 0.25) is 0 Å². The minimum atomic E-state index is 0.292. The van der Waals surface area contributed by atoms with Gasteiger partial charge in [0.15, 0.2) is 0 Å². The van der Waals surface area contributed by atoms with E-state index in [4.69, 9.17) is 0 Å². The van der Waals surface area contributed by atoms with Gasteiger partial charge >= 0.3 is 0 Å². The van der Waals surface area contributed by atoms with Gasteiger partial charge in [-0.15, -0.1) is 0 Å². The molecule has 1 heterocycles. The van der Waals surface area contributed by atoms with Crippen molar-refractivity contribution in [2.24, 2.45) is 0 Å². The lowest BCUT2D eigenvalue weighted by Crippen LogP contribution is -2.20. The van der Waals surface area contributed by atoms with Crippen LogP contribution in [0, 0.1) is 10.5 Å². The number of nitrogens with zero attached hydrogens (tertiary/aromatic N) is 1. The fourth-order valence-corrected chi connectivity index (χ4v) is 3.01. The highest BCUT2D eigenvalue weighted by molar-refractivity contribution is 14.1. The first-order valence-corrected chi connectivity index (χ1v) is 8.01. The Kier molecular flexibility index (Phi) is 5.36. The first-order chi connectivity index (χ1) is 9.11. The fraction of sp³-hybridized carbons (Fsp3) is 0.267. The van der Waals surface area contributed by atoms with Gasteiger partial charge in [0.1, 0.15) is 0 Å². The van der Waals surface area contributed by atoms with Crippen molar-refractivity contribution in [3.63, 3.8) is 0 Å². The molecule has 0 aliphatic carbocycles. The maximum Gasteiger partial charge on any atom is 0.0423 e. The standard InChI is InChI=1S/C15H16BrIN2/c1-10-4-3-5-13(15(10)17)14(18-2)8-12-7-6-11(16)9-19-12/h3-7,9,14,18H,8H2,1-2H3. The number of rotatable bonds is 4. The topological polar surface area (TPSA) is 24.9 Å². The van der Waals surface area contributed by atoms with Crippen LogP contribution in [0.4, 0.5) is 0 Å². The number of benzene rings is 1. The van der Waals surface area contributed by atoms with E-state index in [9.17, 15) is 0 Å². The van der Waals surface area contributed by atoms with Crippen LogP contribution in [0.2, 0.25) is 0 Å². The summed E-state index contributed by atoms with van der Waals surface area (Å²) in [6.07, 6.45) is 2.74. The minimum absolute atomic E-state index is 0.292. The van der Waals surface area contributed by atoms with Crippen molar-refractivity contribution in [1.29, 1.82) is 0 Å². The second kappa shape index (κ2) is 6.81. The summed E-state index contributed by atoms with van der Waals surface area (Å²) in [5.74, 6) is 0. The number of halogens is 2. The summed E-state index contributed by atoms with van der Waals surface area (Å²) in [6.45, 7) is 2.15. The van der Waals surface area contributed by atoms with E-state index in [0.717, 1.165) is 16.6 Å². The Balaban J connectivity index is 2.25. The van der Waals surface area contributed by atoms with Gasteiger partial charge in [-0.2, -0.15) is 0 Å². The first-order valence-electron chi connectivity index (χ1n) is 6.14. The number of pyridine rings is 1. The molecule has 0 radical (unpaired) electrons. The van der Waals surface area contributed by atoms with Crippen molar-refractivity contribution in [1.82, 2.24) is 10.3 Å². The maximum atomic E-state index is 4.45. The van der Waals surface area contributed by atoms with Gasteiger partial charge < -0.3 is 5.32 Å². The van der Waals surface area contributed by atoms with Crippen LogP contribution in [0.15, 0.2) is 41.0 Å². The Morgan fingerprint density at radius 2 is 2.11 bits per heavy atom. The molecule has 0 fully saturated rings. The predicted octanol–water partition coefficient (Wildman–Crippen LogP) is 4.26. The molecule has 1 atom stereocenters. The summed E-state index contributed by atoms with van der Waals surface area (Å²) in [5, 5.41) is 3.39. The van der Waals surface area contributed by atoms with Crippen molar-refractivity contribution in [3.8, 4) is 0 Å². The summed E-state index contributed by atoms with van der Waals surface area (Å²) < 4.78 is 2.35. The largest absolute Gasteiger partial charge is 0.313 e. The third-order valence-corrected chi connectivity index (χ3v) is 5.09. The molecule has 0 saturated carbocycles. The zero-order chi connectivity index (χ0) is 13.8. The smallest absolute Gasteiger partial charge is 0.0423 e. The molecule has 0 aliphatic heterocycles. The first kappa shape index (κ1) is 14.9. The maximum absolute atomic E-state index is 4.45. The number of likely N-dealkylation sites (N-methyl/N-ethyl adjacent to an activating group) is 1. The number of nitrogens with one attached hydrogen (secondary N) is 1. The van der Waals surface area contributed by atoms with E-state index in [1.165, 1.54) is 14.7 Å².